The Bertz CT molecular complexity index is 230. The van der Waals surface area contributed by atoms with Gasteiger partial charge in [-0.25, -0.2) is 0 Å². The Morgan fingerprint density at radius 3 is 2.64 bits per heavy atom. The van der Waals surface area contributed by atoms with Crippen LogP contribution in [0.25, 0.3) is 0 Å². The van der Waals surface area contributed by atoms with Gasteiger partial charge in [-0.05, 0) is 20.0 Å². The SMILES string of the molecule is CNCCCN1CCN(C)C(=O)C1=O. The lowest BCUT2D eigenvalue weighted by atomic mass is 10.3. The van der Waals surface area contributed by atoms with Gasteiger partial charge in [0.1, 0.15) is 0 Å². The van der Waals surface area contributed by atoms with E-state index in [4.69, 9.17) is 0 Å². The van der Waals surface area contributed by atoms with Crippen LogP contribution in [0.2, 0.25) is 0 Å². The summed E-state index contributed by atoms with van der Waals surface area (Å²) in [5, 5.41) is 3.01. The summed E-state index contributed by atoms with van der Waals surface area (Å²) in [6.45, 7) is 2.84. The van der Waals surface area contributed by atoms with Crippen LogP contribution in [0.15, 0.2) is 0 Å². The number of carbonyl (C=O) groups is 2. The molecular formula is C9H17N3O2. The van der Waals surface area contributed by atoms with Crippen LogP contribution in [-0.2, 0) is 9.59 Å². The molecule has 1 fully saturated rings. The highest BCUT2D eigenvalue weighted by atomic mass is 16.2. The maximum absolute atomic E-state index is 11.4. The Morgan fingerprint density at radius 2 is 2.00 bits per heavy atom. The lowest BCUT2D eigenvalue weighted by Gasteiger charge is -2.31. The van der Waals surface area contributed by atoms with Gasteiger partial charge in [0.25, 0.3) is 0 Å². The Hall–Kier alpha value is -1.10. The number of rotatable bonds is 4. The first kappa shape index (κ1) is 11.0. The van der Waals surface area contributed by atoms with Crippen molar-refractivity contribution >= 4 is 11.8 Å². The summed E-state index contributed by atoms with van der Waals surface area (Å²) < 4.78 is 0. The van der Waals surface area contributed by atoms with Crippen LogP contribution >= 0.6 is 0 Å². The summed E-state index contributed by atoms with van der Waals surface area (Å²) in [5.41, 5.74) is 0. The molecule has 0 aromatic rings. The largest absolute Gasteiger partial charge is 0.336 e. The molecule has 5 nitrogen and oxygen atoms in total. The van der Waals surface area contributed by atoms with Gasteiger partial charge in [0.2, 0.25) is 0 Å². The van der Waals surface area contributed by atoms with Gasteiger partial charge >= 0.3 is 11.8 Å². The van der Waals surface area contributed by atoms with Crippen molar-refractivity contribution < 1.29 is 9.59 Å². The summed E-state index contributed by atoms with van der Waals surface area (Å²) in [5.74, 6) is -0.754. The molecule has 0 aromatic heterocycles. The van der Waals surface area contributed by atoms with E-state index < -0.39 is 0 Å². The number of amides is 2. The van der Waals surface area contributed by atoms with Crippen LogP contribution < -0.4 is 5.32 Å². The predicted molar refractivity (Wildman–Crippen MR) is 52.8 cm³/mol. The minimum atomic E-state index is -0.388. The molecule has 0 spiro atoms. The maximum Gasteiger partial charge on any atom is 0.312 e. The fourth-order valence-electron chi connectivity index (χ4n) is 1.43. The number of piperazine rings is 1. The molecule has 1 aliphatic rings. The van der Waals surface area contributed by atoms with Crippen molar-refractivity contribution in [2.24, 2.45) is 0 Å². The smallest absolute Gasteiger partial charge is 0.312 e. The molecule has 0 atom stereocenters. The fraction of sp³-hybridized carbons (Fsp3) is 0.778. The van der Waals surface area contributed by atoms with Crippen LogP contribution in [0.5, 0.6) is 0 Å². The monoisotopic (exact) mass is 199 g/mol. The van der Waals surface area contributed by atoms with Crippen LogP contribution in [0.1, 0.15) is 6.42 Å². The summed E-state index contributed by atoms with van der Waals surface area (Å²) in [7, 11) is 3.53. The third-order valence-corrected chi connectivity index (χ3v) is 2.38. The molecular weight excluding hydrogens is 182 g/mol. The molecule has 0 aromatic carbocycles. The van der Waals surface area contributed by atoms with Crippen LogP contribution in [0.4, 0.5) is 0 Å². The average molecular weight is 199 g/mol. The molecule has 80 valence electrons. The van der Waals surface area contributed by atoms with Gasteiger partial charge < -0.3 is 15.1 Å². The van der Waals surface area contributed by atoms with Crippen molar-refractivity contribution in [2.45, 2.75) is 6.42 Å². The second-order valence-electron chi connectivity index (χ2n) is 3.48. The molecule has 0 aliphatic carbocycles. The molecule has 0 saturated carbocycles. The van der Waals surface area contributed by atoms with E-state index in [2.05, 4.69) is 5.32 Å². The minimum Gasteiger partial charge on any atom is -0.336 e. The quantitative estimate of drug-likeness (QED) is 0.462. The second-order valence-corrected chi connectivity index (χ2v) is 3.48. The summed E-state index contributed by atoms with van der Waals surface area (Å²) in [6.07, 6.45) is 0.888. The summed E-state index contributed by atoms with van der Waals surface area (Å²) >= 11 is 0. The first-order chi connectivity index (χ1) is 6.66. The van der Waals surface area contributed by atoms with E-state index in [-0.39, 0.29) is 11.8 Å². The highest BCUT2D eigenvalue weighted by Gasteiger charge is 2.29. The Labute approximate surface area is 84.0 Å². The van der Waals surface area contributed by atoms with Crippen molar-refractivity contribution in [1.82, 2.24) is 15.1 Å². The number of hydrogen-bond acceptors (Lipinski definition) is 3. The predicted octanol–water partition coefficient (Wildman–Crippen LogP) is -1.10. The van der Waals surface area contributed by atoms with Crippen molar-refractivity contribution in [2.75, 3.05) is 40.3 Å². The van der Waals surface area contributed by atoms with Crippen molar-refractivity contribution in [3.05, 3.63) is 0 Å². The van der Waals surface area contributed by atoms with Gasteiger partial charge in [0.05, 0.1) is 0 Å². The number of hydrogen-bond donors (Lipinski definition) is 1. The third kappa shape index (κ3) is 2.45. The van der Waals surface area contributed by atoms with E-state index in [0.29, 0.717) is 19.6 Å². The highest BCUT2D eigenvalue weighted by Crippen LogP contribution is 2.03. The average Bonchev–Trinajstić information content (AvgIpc) is 2.18. The Balaban J connectivity index is 2.39. The van der Waals surface area contributed by atoms with E-state index in [1.54, 1.807) is 11.9 Å². The molecule has 1 N–H and O–H groups in total. The van der Waals surface area contributed by atoms with Crippen LogP contribution in [0.3, 0.4) is 0 Å². The Kier molecular flexibility index (Phi) is 3.88. The van der Waals surface area contributed by atoms with Gasteiger partial charge in [-0.3, -0.25) is 9.59 Å². The van der Waals surface area contributed by atoms with Gasteiger partial charge in [-0.15, -0.1) is 0 Å². The number of likely N-dealkylation sites (N-methyl/N-ethyl adjacent to an activating group) is 1. The molecule has 1 saturated heterocycles. The van der Waals surface area contributed by atoms with Crippen molar-refractivity contribution in [3.8, 4) is 0 Å². The number of nitrogens with one attached hydrogen (secondary N) is 1. The minimum absolute atomic E-state index is 0.366. The lowest BCUT2D eigenvalue weighted by molar-refractivity contribution is -0.154. The number of carbonyl (C=O) groups excluding carboxylic acids is 2. The topological polar surface area (TPSA) is 52.6 Å². The molecule has 1 rings (SSSR count). The normalized spacial score (nSPS) is 17.9. The molecule has 14 heavy (non-hydrogen) atoms. The van der Waals surface area contributed by atoms with Gasteiger partial charge in [0, 0.05) is 26.7 Å². The highest BCUT2D eigenvalue weighted by molar-refractivity contribution is 6.35. The third-order valence-electron chi connectivity index (χ3n) is 2.38. The van der Waals surface area contributed by atoms with Crippen molar-refractivity contribution in [3.63, 3.8) is 0 Å². The van der Waals surface area contributed by atoms with Gasteiger partial charge in [-0.1, -0.05) is 0 Å². The molecule has 0 unspecified atom stereocenters. The van der Waals surface area contributed by atoms with E-state index in [0.717, 1.165) is 13.0 Å². The van der Waals surface area contributed by atoms with Crippen LogP contribution in [-0.4, -0.2) is 61.9 Å². The Morgan fingerprint density at radius 1 is 1.29 bits per heavy atom. The number of nitrogens with zero attached hydrogens (tertiary/aromatic N) is 2. The van der Waals surface area contributed by atoms with E-state index >= 15 is 0 Å². The summed E-state index contributed by atoms with van der Waals surface area (Å²) in [6, 6.07) is 0. The van der Waals surface area contributed by atoms with Gasteiger partial charge in [0.15, 0.2) is 0 Å². The van der Waals surface area contributed by atoms with E-state index in [9.17, 15) is 9.59 Å². The van der Waals surface area contributed by atoms with Crippen molar-refractivity contribution in [1.29, 1.82) is 0 Å². The molecule has 0 bridgehead atoms. The first-order valence-electron chi connectivity index (χ1n) is 4.85. The fourth-order valence-corrected chi connectivity index (χ4v) is 1.43. The molecule has 1 heterocycles. The molecule has 1 aliphatic heterocycles. The zero-order chi connectivity index (χ0) is 10.6. The lowest BCUT2D eigenvalue weighted by Crippen LogP contribution is -2.53. The zero-order valence-corrected chi connectivity index (χ0v) is 8.75. The summed E-state index contributed by atoms with van der Waals surface area (Å²) in [4.78, 5) is 25.8. The van der Waals surface area contributed by atoms with Gasteiger partial charge in [-0.2, -0.15) is 0 Å². The first-order valence-corrected chi connectivity index (χ1v) is 4.85. The molecule has 2 amide bonds. The van der Waals surface area contributed by atoms with Crippen LogP contribution in [0, 0.1) is 0 Å². The molecule has 0 radical (unpaired) electrons. The zero-order valence-electron chi connectivity index (χ0n) is 8.75. The standard InChI is InChI=1S/C9H17N3O2/c1-10-4-3-5-12-7-6-11(2)8(13)9(12)14/h10H,3-7H2,1-2H3. The van der Waals surface area contributed by atoms with E-state index in [1.807, 2.05) is 7.05 Å². The van der Waals surface area contributed by atoms with E-state index in [1.165, 1.54) is 4.90 Å². The maximum atomic E-state index is 11.4. The molecule has 5 heteroatoms. The second kappa shape index (κ2) is 4.95.